The lowest BCUT2D eigenvalue weighted by molar-refractivity contribution is 0.0718. The van der Waals surface area contributed by atoms with E-state index in [4.69, 9.17) is 10.7 Å². The molecule has 1 amide bonds. The molecule has 1 fully saturated rings. The quantitative estimate of drug-likeness (QED) is 0.785. The highest BCUT2D eigenvalue weighted by atomic mass is 35.7. The second kappa shape index (κ2) is 5.74. The van der Waals surface area contributed by atoms with Crippen LogP contribution in [-0.4, -0.2) is 31.8 Å². The first-order valence-corrected chi connectivity index (χ1v) is 8.96. The summed E-state index contributed by atoms with van der Waals surface area (Å²) in [5, 5.41) is 0. The van der Waals surface area contributed by atoms with E-state index in [1.54, 1.807) is 17.0 Å². The first-order valence-electron chi connectivity index (χ1n) is 6.65. The maximum absolute atomic E-state index is 12.6. The zero-order valence-corrected chi connectivity index (χ0v) is 13.1. The van der Waals surface area contributed by atoms with Crippen LogP contribution < -0.4 is 0 Å². The summed E-state index contributed by atoms with van der Waals surface area (Å²) in [4.78, 5) is 14.3. The first kappa shape index (κ1) is 15.3. The van der Waals surface area contributed by atoms with Crippen molar-refractivity contribution >= 4 is 25.6 Å². The van der Waals surface area contributed by atoms with Crippen LogP contribution in [0.25, 0.3) is 0 Å². The van der Waals surface area contributed by atoms with E-state index >= 15 is 0 Å². The van der Waals surface area contributed by atoms with Gasteiger partial charge in [-0.3, -0.25) is 4.79 Å². The highest BCUT2D eigenvalue weighted by molar-refractivity contribution is 8.13. The average molecular weight is 316 g/mol. The molecule has 4 nitrogen and oxygen atoms in total. The number of amides is 1. The van der Waals surface area contributed by atoms with Gasteiger partial charge in [0.15, 0.2) is 0 Å². The third-order valence-electron chi connectivity index (χ3n) is 3.19. The molecule has 0 heterocycles. The van der Waals surface area contributed by atoms with Crippen LogP contribution in [0.4, 0.5) is 0 Å². The molecule has 0 aromatic heterocycles. The molecule has 1 aromatic carbocycles. The van der Waals surface area contributed by atoms with Gasteiger partial charge in [0.25, 0.3) is 15.0 Å². The molecule has 1 saturated carbocycles. The number of hydrogen-bond donors (Lipinski definition) is 0. The molecule has 0 bridgehead atoms. The van der Waals surface area contributed by atoms with Crippen LogP contribution in [0.5, 0.6) is 0 Å². The third kappa shape index (κ3) is 3.52. The number of carbonyl (C=O) groups excluding carboxylic acids is 1. The van der Waals surface area contributed by atoms with Crippen LogP contribution >= 0.6 is 10.7 Å². The van der Waals surface area contributed by atoms with Gasteiger partial charge in [0, 0.05) is 23.3 Å². The van der Waals surface area contributed by atoms with E-state index < -0.39 is 9.05 Å². The Morgan fingerprint density at radius 2 is 1.95 bits per heavy atom. The van der Waals surface area contributed by atoms with Gasteiger partial charge in [-0.05, 0) is 30.9 Å². The predicted molar refractivity (Wildman–Crippen MR) is 78.4 cm³/mol. The molecule has 1 aromatic rings. The maximum atomic E-state index is 12.6. The molecule has 110 valence electrons. The molecule has 0 N–H and O–H groups in total. The summed E-state index contributed by atoms with van der Waals surface area (Å²) < 4.78 is 23.2. The molecular formula is C14H18ClNO3S. The molecule has 1 aliphatic carbocycles. The summed E-state index contributed by atoms with van der Waals surface area (Å²) in [5.41, 5.74) is 0.162. The number of halogens is 1. The minimum atomic E-state index is -3.92. The molecule has 0 aliphatic heterocycles. The van der Waals surface area contributed by atoms with Gasteiger partial charge in [0.1, 0.15) is 0 Å². The Morgan fingerprint density at radius 1 is 1.35 bits per heavy atom. The van der Waals surface area contributed by atoms with Gasteiger partial charge >= 0.3 is 0 Å². The molecule has 0 unspecified atom stereocenters. The van der Waals surface area contributed by atoms with Crippen molar-refractivity contribution in [3.8, 4) is 0 Å². The van der Waals surface area contributed by atoms with Gasteiger partial charge in [-0.15, -0.1) is 0 Å². The van der Waals surface area contributed by atoms with E-state index in [9.17, 15) is 13.2 Å². The van der Waals surface area contributed by atoms with Crippen LogP contribution in [0.2, 0.25) is 0 Å². The fourth-order valence-corrected chi connectivity index (χ4v) is 3.25. The molecule has 1 aliphatic rings. The summed E-state index contributed by atoms with van der Waals surface area (Å²) in [6.45, 7) is 4.69. The molecule has 0 radical (unpaired) electrons. The Labute approximate surface area is 124 Å². The lowest BCUT2D eigenvalue weighted by Crippen LogP contribution is -2.36. The summed E-state index contributed by atoms with van der Waals surface area (Å²) in [6.07, 6.45) is 1.96. The van der Waals surface area contributed by atoms with E-state index in [0.717, 1.165) is 12.8 Å². The zero-order chi connectivity index (χ0) is 14.9. The molecule has 0 atom stereocenters. The molecule has 0 spiro atoms. The number of carbonyl (C=O) groups is 1. The van der Waals surface area contributed by atoms with Crippen LogP contribution in [0.1, 0.15) is 37.0 Å². The number of hydrogen-bond acceptors (Lipinski definition) is 3. The Hall–Kier alpha value is -1.07. The van der Waals surface area contributed by atoms with Crippen molar-refractivity contribution in [1.82, 2.24) is 4.90 Å². The fraction of sp³-hybridized carbons (Fsp3) is 0.500. The minimum Gasteiger partial charge on any atom is -0.335 e. The topological polar surface area (TPSA) is 54.5 Å². The number of benzene rings is 1. The number of rotatable bonds is 5. The van der Waals surface area contributed by atoms with Crippen molar-refractivity contribution in [2.75, 3.05) is 6.54 Å². The van der Waals surface area contributed by atoms with Gasteiger partial charge in [-0.25, -0.2) is 8.42 Å². The van der Waals surface area contributed by atoms with Crippen molar-refractivity contribution in [2.24, 2.45) is 5.92 Å². The van der Waals surface area contributed by atoms with Crippen LogP contribution in [0.15, 0.2) is 29.2 Å². The van der Waals surface area contributed by atoms with Crippen molar-refractivity contribution in [3.05, 3.63) is 29.8 Å². The minimum absolute atomic E-state index is 0.110. The maximum Gasteiger partial charge on any atom is 0.262 e. The predicted octanol–water partition coefficient (Wildman–Crippen LogP) is 2.87. The van der Waals surface area contributed by atoms with Crippen LogP contribution in [-0.2, 0) is 9.05 Å². The van der Waals surface area contributed by atoms with E-state index in [0.29, 0.717) is 12.5 Å². The Morgan fingerprint density at radius 3 is 2.45 bits per heavy atom. The molecule has 2 rings (SSSR count). The van der Waals surface area contributed by atoms with Crippen molar-refractivity contribution < 1.29 is 13.2 Å². The average Bonchev–Trinajstić information content (AvgIpc) is 3.18. The molecule has 20 heavy (non-hydrogen) atoms. The van der Waals surface area contributed by atoms with E-state index in [1.807, 2.05) is 13.8 Å². The van der Waals surface area contributed by atoms with Gasteiger partial charge in [-0.1, -0.05) is 26.0 Å². The second-order valence-corrected chi connectivity index (χ2v) is 8.05. The monoisotopic (exact) mass is 315 g/mol. The van der Waals surface area contributed by atoms with Gasteiger partial charge < -0.3 is 4.90 Å². The number of nitrogens with zero attached hydrogens (tertiary/aromatic N) is 1. The summed E-state index contributed by atoms with van der Waals surface area (Å²) in [6, 6.07) is 6.34. The second-order valence-electron chi connectivity index (χ2n) is 5.52. The van der Waals surface area contributed by atoms with E-state index in [2.05, 4.69) is 0 Å². The Kier molecular flexibility index (Phi) is 4.39. The van der Waals surface area contributed by atoms with E-state index in [1.165, 1.54) is 12.1 Å². The van der Waals surface area contributed by atoms with E-state index in [-0.39, 0.29) is 22.4 Å². The Balaban J connectivity index is 2.37. The lowest BCUT2D eigenvalue weighted by atomic mass is 10.1. The standard InChI is InChI=1S/C14H18ClNO3S/c1-10(2)9-16(11-7-8-11)14(17)12-5-3-4-6-13(12)20(15,18)19/h3-6,10-11H,7-9H2,1-2H3. The normalized spacial score (nSPS) is 15.4. The fourth-order valence-electron chi connectivity index (χ4n) is 2.19. The summed E-state index contributed by atoms with van der Waals surface area (Å²) in [7, 11) is 1.49. The smallest absolute Gasteiger partial charge is 0.262 e. The van der Waals surface area contributed by atoms with Gasteiger partial charge in [-0.2, -0.15) is 0 Å². The zero-order valence-electron chi connectivity index (χ0n) is 11.5. The third-order valence-corrected chi connectivity index (χ3v) is 4.57. The summed E-state index contributed by atoms with van der Waals surface area (Å²) in [5.74, 6) is 0.0837. The Bertz CT molecular complexity index is 609. The van der Waals surface area contributed by atoms with Crippen molar-refractivity contribution in [3.63, 3.8) is 0 Å². The van der Waals surface area contributed by atoms with Gasteiger partial charge in [0.2, 0.25) is 0 Å². The molecular weight excluding hydrogens is 298 g/mol. The van der Waals surface area contributed by atoms with Crippen molar-refractivity contribution in [1.29, 1.82) is 0 Å². The first-order chi connectivity index (χ1) is 9.30. The molecule has 6 heteroatoms. The molecule has 0 saturated heterocycles. The SMILES string of the molecule is CC(C)CN(C(=O)c1ccccc1S(=O)(=O)Cl)C1CC1. The summed E-state index contributed by atoms with van der Waals surface area (Å²) >= 11 is 0. The van der Waals surface area contributed by atoms with Crippen molar-refractivity contribution in [2.45, 2.75) is 37.6 Å². The van der Waals surface area contributed by atoms with Crippen LogP contribution in [0.3, 0.4) is 0 Å². The highest BCUT2D eigenvalue weighted by Crippen LogP contribution is 2.30. The van der Waals surface area contributed by atoms with Gasteiger partial charge in [0.05, 0.1) is 10.5 Å². The largest absolute Gasteiger partial charge is 0.335 e. The lowest BCUT2D eigenvalue weighted by Gasteiger charge is -2.25. The highest BCUT2D eigenvalue weighted by Gasteiger charge is 2.35. The van der Waals surface area contributed by atoms with Crippen LogP contribution in [0, 0.1) is 5.92 Å².